The maximum Gasteiger partial charge on any atom is 0.197 e. The summed E-state index contributed by atoms with van der Waals surface area (Å²) >= 11 is 0. The topological polar surface area (TPSA) is 47.3 Å². The van der Waals surface area contributed by atoms with Gasteiger partial charge in [0.2, 0.25) is 0 Å². The lowest BCUT2D eigenvalue weighted by Gasteiger charge is -2.42. The lowest BCUT2D eigenvalue weighted by atomic mass is 9.75. The molecule has 0 saturated heterocycles. The van der Waals surface area contributed by atoms with Gasteiger partial charge in [-0.3, -0.25) is 0 Å². The van der Waals surface area contributed by atoms with Gasteiger partial charge in [0.15, 0.2) is 11.5 Å². The van der Waals surface area contributed by atoms with Crippen LogP contribution in [-0.2, 0) is 11.2 Å². The van der Waals surface area contributed by atoms with E-state index in [1.165, 1.54) is 6.42 Å². The van der Waals surface area contributed by atoms with Crippen LogP contribution >= 0.6 is 0 Å². The van der Waals surface area contributed by atoms with E-state index in [0.717, 1.165) is 42.7 Å². The number of likely N-dealkylation sites (N-methyl/N-ethyl adjacent to an activating group) is 1. The molecule has 1 aliphatic rings. The van der Waals surface area contributed by atoms with Crippen LogP contribution < -0.4 is 5.32 Å². The number of methoxy groups -OCH3 is 1. The van der Waals surface area contributed by atoms with Gasteiger partial charge in [-0.2, -0.15) is 0 Å². The van der Waals surface area contributed by atoms with Gasteiger partial charge >= 0.3 is 0 Å². The molecule has 20 heavy (non-hydrogen) atoms. The largest absolute Gasteiger partial charge is 0.441 e. The number of aromatic nitrogens is 1. The number of nitrogens with zero attached hydrogens (tertiary/aromatic N) is 1. The van der Waals surface area contributed by atoms with Crippen molar-refractivity contribution in [3.05, 3.63) is 30.2 Å². The Morgan fingerprint density at radius 1 is 1.40 bits per heavy atom. The van der Waals surface area contributed by atoms with Gasteiger partial charge in [0.05, 0.1) is 5.60 Å². The van der Waals surface area contributed by atoms with E-state index in [4.69, 9.17) is 9.15 Å². The van der Waals surface area contributed by atoms with Gasteiger partial charge in [0.1, 0.15) is 5.52 Å². The molecule has 0 aliphatic heterocycles. The predicted octanol–water partition coefficient (Wildman–Crippen LogP) is 2.92. The second kappa shape index (κ2) is 5.54. The molecule has 3 rings (SSSR count). The van der Waals surface area contributed by atoms with Crippen LogP contribution in [0.25, 0.3) is 11.1 Å². The van der Waals surface area contributed by atoms with Gasteiger partial charge in [0, 0.05) is 19.6 Å². The first kappa shape index (κ1) is 13.6. The zero-order valence-electron chi connectivity index (χ0n) is 12.2. The van der Waals surface area contributed by atoms with Gasteiger partial charge in [-0.05, 0) is 44.9 Å². The Morgan fingerprint density at radius 3 is 2.80 bits per heavy atom. The van der Waals surface area contributed by atoms with E-state index < -0.39 is 0 Å². The van der Waals surface area contributed by atoms with Gasteiger partial charge in [0.25, 0.3) is 0 Å². The second-order valence-electron chi connectivity index (χ2n) is 5.71. The van der Waals surface area contributed by atoms with Crippen LogP contribution in [-0.4, -0.2) is 30.8 Å². The minimum atomic E-state index is 0.0691. The third kappa shape index (κ3) is 2.58. The first-order chi connectivity index (χ1) is 9.74. The Hall–Kier alpha value is -1.39. The molecule has 1 heterocycles. The highest BCUT2D eigenvalue weighted by Gasteiger charge is 2.39. The van der Waals surface area contributed by atoms with Crippen LogP contribution in [0, 0.1) is 0 Å². The standard InChI is InChI=1S/C16H22N2O2/c1-17-12(11-16(19-2)8-5-9-16)10-15-18-13-6-3-4-7-14(13)20-15/h3-4,6-7,12,17H,5,8-11H2,1-2H3. The molecule has 0 amide bonds. The van der Waals surface area contributed by atoms with Crippen molar-refractivity contribution < 1.29 is 9.15 Å². The van der Waals surface area contributed by atoms with E-state index in [-0.39, 0.29) is 5.60 Å². The van der Waals surface area contributed by atoms with Gasteiger partial charge < -0.3 is 14.5 Å². The molecule has 1 N–H and O–H groups in total. The van der Waals surface area contributed by atoms with Crippen LogP contribution in [0.15, 0.2) is 28.7 Å². The summed E-state index contributed by atoms with van der Waals surface area (Å²) in [4.78, 5) is 4.55. The number of para-hydroxylation sites is 2. The van der Waals surface area contributed by atoms with Crippen molar-refractivity contribution in [3.63, 3.8) is 0 Å². The highest BCUT2D eigenvalue weighted by atomic mass is 16.5. The van der Waals surface area contributed by atoms with E-state index in [9.17, 15) is 0 Å². The molecule has 1 atom stereocenters. The van der Waals surface area contributed by atoms with Crippen molar-refractivity contribution >= 4 is 11.1 Å². The molecule has 1 saturated carbocycles. The molecule has 2 aromatic rings. The SMILES string of the molecule is CNC(Cc1nc2ccccc2o1)CC1(OC)CCC1. The molecule has 1 unspecified atom stereocenters. The lowest BCUT2D eigenvalue weighted by molar-refractivity contribution is -0.0832. The van der Waals surface area contributed by atoms with Crippen LogP contribution in [0.1, 0.15) is 31.6 Å². The number of hydrogen-bond acceptors (Lipinski definition) is 4. The number of nitrogens with one attached hydrogen (secondary N) is 1. The second-order valence-corrected chi connectivity index (χ2v) is 5.71. The normalized spacial score (nSPS) is 18.9. The monoisotopic (exact) mass is 274 g/mol. The number of hydrogen-bond donors (Lipinski definition) is 1. The Morgan fingerprint density at radius 2 is 2.20 bits per heavy atom. The van der Waals surface area contributed by atoms with E-state index in [1.54, 1.807) is 0 Å². The fourth-order valence-corrected chi connectivity index (χ4v) is 3.01. The summed E-state index contributed by atoms with van der Waals surface area (Å²) < 4.78 is 11.5. The minimum Gasteiger partial charge on any atom is -0.441 e. The first-order valence-electron chi connectivity index (χ1n) is 7.31. The van der Waals surface area contributed by atoms with Crippen LogP contribution in [0.3, 0.4) is 0 Å². The number of benzene rings is 1. The van der Waals surface area contributed by atoms with Gasteiger partial charge in [-0.1, -0.05) is 12.1 Å². The first-order valence-corrected chi connectivity index (χ1v) is 7.31. The molecule has 4 heteroatoms. The average molecular weight is 274 g/mol. The molecular weight excluding hydrogens is 252 g/mol. The molecule has 1 aromatic carbocycles. The molecule has 0 spiro atoms. The maximum atomic E-state index is 5.81. The van der Waals surface area contributed by atoms with Crippen molar-refractivity contribution in [3.8, 4) is 0 Å². The van der Waals surface area contributed by atoms with Crippen LogP contribution in [0.4, 0.5) is 0 Å². The van der Waals surface area contributed by atoms with Crippen molar-refractivity contribution in [1.29, 1.82) is 0 Å². The van der Waals surface area contributed by atoms with Crippen LogP contribution in [0.2, 0.25) is 0 Å². The average Bonchev–Trinajstić information content (AvgIpc) is 2.83. The molecular formula is C16H22N2O2. The highest BCUT2D eigenvalue weighted by Crippen LogP contribution is 2.39. The zero-order valence-corrected chi connectivity index (χ0v) is 12.2. The molecule has 1 fully saturated rings. The predicted molar refractivity (Wildman–Crippen MR) is 78.8 cm³/mol. The number of ether oxygens (including phenoxy) is 1. The Balaban J connectivity index is 1.70. The van der Waals surface area contributed by atoms with E-state index >= 15 is 0 Å². The summed E-state index contributed by atoms with van der Waals surface area (Å²) in [5.74, 6) is 0.802. The van der Waals surface area contributed by atoms with Crippen molar-refractivity contribution in [1.82, 2.24) is 10.3 Å². The molecule has 108 valence electrons. The summed E-state index contributed by atoms with van der Waals surface area (Å²) in [5.41, 5.74) is 1.87. The highest BCUT2D eigenvalue weighted by molar-refractivity contribution is 5.72. The number of oxazole rings is 1. The van der Waals surface area contributed by atoms with Gasteiger partial charge in [-0.25, -0.2) is 4.98 Å². The summed E-state index contributed by atoms with van der Waals surface area (Å²) in [5, 5.41) is 3.37. The fourth-order valence-electron chi connectivity index (χ4n) is 3.01. The number of rotatable bonds is 6. The number of fused-ring (bicyclic) bond motifs is 1. The summed E-state index contributed by atoms with van der Waals surface area (Å²) in [6.07, 6.45) is 5.41. The van der Waals surface area contributed by atoms with E-state index in [0.29, 0.717) is 6.04 Å². The Bertz CT molecular complexity index is 536. The van der Waals surface area contributed by atoms with Crippen molar-refractivity contribution in [2.75, 3.05) is 14.2 Å². The maximum absolute atomic E-state index is 5.81. The lowest BCUT2D eigenvalue weighted by Crippen LogP contribution is -2.45. The smallest absolute Gasteiger partial charge is 0.197 e. The molecule has 0 radical (unpaired) electrons. The van der Waals surface area contributed by atoms with Crippen molar-refractivity contribution in [2.45, 2.75) is 43.7 Å². The van der Waals surface area contributed by atoms with Crippen molar-refractivity contribution in [2.24, 2.45) is 0 Å². The Kier molecular flexibility index (Phi) is 3.76. The fraction of sp³-hybridized carbons (Fsp3) is 0.562. The third-order valence-corrected chi connectivity index (χ3v) is 4.48. The summed E-state index contributed by atoms with van der Waals surface area (Å²) in [6, 6.07) is 8.24. The van der Waals surface area contributed by atoms with Crippen LogP contribution in [0.5, 0.6) is 0 Å². The molecule has 0 bridgehead atoms. The van der Waals surface area contributed by atoms with Gasteiger partial charge in [-0.15, -0.1) is 0 Å². The Labute approximate surface area is 119 Å². The molecule has 4 nitrogen and oxygen atoms in total. The summed E-state index contributed by atoms with van der Waals surface area (Å²) in [7, 11) is 3.82. The minimum absolute atomic E-state index is 0.0691. The van der Waals surface area contributed by atoms with E-state index in [2.05, 4.69) is 10.3 Å². The molecule has 1 aliphatic carbocycles. The zero-order chi connectivity index (χ0) is 14.0. The third-order valence-electron chi connectivity index (χ3n) is 4.48. The van der Waals surface area contributed by atoms with E-state index in [1.807, 2.05) is 38.4 Å². The summed E-state index contributed by atoms with van der Waals surface area (Å²) in [6.45, 7) is 0. The molecule has 1 aromatic heterocycles. The quantitative estimate of drug-likeness (QED) is 0.880.